The zero-order valence-corrected chi connectivity index (χ0v) is 24.8. The third-order valence-electron chi connectivity index (χ3n) is 9.02. The Kier molecular flexibility index (Phi) is 7.32. The van der Waals surface area contributed by atoms with E-state index in [9.17, 15) is 24.3 Å². The Balaban J connectivity index is 1.19. The van der Waals surface area contributed by atoms with E-state index in [1.54, 1.807) is 19.1 Å². The standard InChI is InChI=1S/C31H32ClN3O8/c1-16-9-21(36)19(29(39)31(16)30(40)26-22(41-2)11-23(42-3)27(32)28(26)43-31)12-33-8-7-24(37)34-13-17-10-18(15-34)20-5-4-6-25(38)35(20)14-17/h4-6,11-12,16-18,39H,7-10,13-15H2,1-3H3/t16-,17?,18?,31+/m1/s1. The molecule has 0 radical (unpaired) electrons. The van der Waals surface area contributed by atoms with Gasteiger partial charge in [0.05, 0.1) is 19.8 Å². The number of carbonyl (C=O) groups excluding carboxylic acids is 3. The predicted molar refractivity (Wildman–Crippen MR) is 157 cm³/mol. The summed E-state index contributed by atoms with van der Waals surface area (Å²) in [6.07, 6.45) is 2.18. The maximum Gasteiger partial charge on any atom is 0.250 e. The average Bonchev–Trinajstić information content (AvgIpc) is 3.31. The van der Waals surface area contributed by atoms with Crippen molar-refractivity contribution in [3.8, 4) is 17.2 Å². The molecule has 1 fully saturated rings. The number of aliphatic imine (C=N–C) groups is 1. The van der Waals surface area contributed by atoms with Gasteiger partial charge in [0.25, 0.3) is 5.56 Å². The number of piperidine rings is 1. The van der Waals surface area contributed by atoms with Gasteiger partial charge >= 0.3 is 0 Å². The van der Waals surface area contributed by atoms with Crippen LogP contribution in [-0.4, -0.2) is 77.7 Å². The monoisotopic (exact) mass is 609 g/mol. The van der Waals surface area contributed by atoms with Gasteiger partial charge in [-0.05, 0) is 18.4 Å². The van der Waals surface area contributed by atoms with E-state index in [1.165, 1.54) is 26.5 Å². The Bertz CT molecular complexity index is 1660. The first-order valence-corrected chi connectivity index (χ1v) is 14.6. The molecule has 1 amide bonds. The van der Waals surface area contributed by atoms with Gasteiger partial charge in [0.15, 0.2) is 17.3 Å². The molecule has 0 saturated carbocycles. The number of aliphatic hydroxyl groups excluding tert-OH is 1. The molecule has 1 spiro atoms. The van der Waals surface area contributed by atoms with Crippen LogP contribution in [0, 0.1) is 11.8 Å². The Morgan fingerprint density at radius 3 is 2.70 bits per heavy atom. The van der Waals surface area contributed by atoms with Crippen LogP contribution >= 0.6 is 11.6 Å². The van der Waals surface area contributed by atoms with E-state index in [0.717, 1.165) is 12.1 Å². The van der Waals surface area contributed by atoms with E-state index < -0.39 is 28.8 Å². The van der Waals surface area contributed by atoms with Crippen molar-refractivity contribution in [3.05, 3.63) is 62.2 Å². The van der Waals surface area contributed by atoms with Crippen LogP contribution in [0.25, 0.3) is 0 Å². The van der Waals surface area contributed by atoms with Crippen LogP contribution in [0.15, 0.2) is 45.4 Å². The molecule has 4 heterocycles. The highest BCUT2D eigenvalue weighted by Crippen LogP contribution is 2.54. The highest BCUT2D eigenvalue weighted by atomic mass is 35.5. The topological polar surface area (TPSA) is 137 Å². The molecule has 1 N–H and O–H groups in total. The highest BCUT2D eigenvalue weighted by molar-refractivity contribution is 6.35. The second-order valence-corrected chi connectivity index (χ2v) is 11.9. The van der Waals surface area contributed by atoms with Gasteiger partial charge in [-0.3, -0.25) is 24.2 Å². The summed E-state index contributed by atoms with van der Waals surface area (Å²) in [4.78, 5) is 58.3. The van der Waals surface area contributed by atoms with Crippen LogP contribution in [-0.2, 0) is 16.1 Å². The van der Waals surface area contributed by atoms with E-state index in [-0.39, 0.29) is 76.1 Å². The molecule has 4 aliphatic rings. The van der Waals surface area contributed by atoms with E-state index in [2.05, 4.69) is 4.99 Å². The van der Waals surface area contributed by atoms with Crippen LogP contribution in [0.4, 0.5) is 0 Å². The van der Waals surface area contributed by atoms with Crippen molar-refractivity contribution in [2.45, 2.75) is 44.2 Å². The molecule has 1 aromatic carbocycles. The number of hydrogen-bond acceptors (Lipinski definition) is 9. The lowest BCUT2D eigenvalue weighted by molar-refractivity contribution is -0.133. The number of pyridine rings is 1. The van der Waals surface area contributed by atoms with Crippen molar-refractivity contribution in [2.75, 3.05) is 33.9 Å². The van der Waals surface area contributed by atoms with Crippen LogP contribution < -0.4 is 19.8 Å². The van der Waals surface area contributed by atoms with Gasteiger partial charge in [-0.25, -0.2) is 0 Å². The SMILES string of the molecule is COc1cc(OC)c2c(c1Cl)O[C@]1(C2=O)C(O)=C(C=NCCC(=O)N2CC3CC(C2)c2cccc(=O)n2C3)C(=O)C[C@H]1C. The van der Waals surface area contributed by atoms with E-state index in [1.807, 2.05) is 15.5 Å². The third-order valence-corrected chi connectivity index (χ3v) is 9.38. The third kappa shape index (κ3) is 4.52. The van der Waals surface area contributed by atoms with Gasteiger partial charge < -0.3 is 28.8 Å². The molecular weight excluding hydrogens is 578 g/mol. The first-order chi connectivity index (χ1) is 20.6. The number of ketones is 2. The molecule has 2 bridgehead atoms. The van der Waals surface area contributed by atoms with E-state index in [4.69, 9.17) is 25.8 Å². The summed E-state index contributed by atoms with van der Waals surface area (Å²) in [5.74, 6) is -1.60. The van der Waals surface area contributed by atoms with Crippen LogP contribution in [0.3, 0.4) is 0 Å². The van der Waals surface area contributed by atoms with Crippen molar-refractivity contribution in [1.29, 1.82) is 0 Å². The lowest BCUT2D eigenvalue weighted by atomic mass is 9.73. The minimum Gasteiger partial charge on any atom is -0.507 e. The molecule has 3 aliphatic heterocycles. The number of hydrogen-bond donors (Lipinski definition) is 1. The van der Waals surface area contributed by atoms with Crippen molar-refractivity contribution in [3.63, 3.8) is 0 Å². The molecule has 6 rings (SSSR count). The Morgan fingerprint density at radius 2 is 1.95 bits per heavy atom. The number of Topliss-reactive ketones (excluding diaryl/α,β-unsaturated/α-hetero) is 2. The number of aliphatic hydroxyl groups is 1. The normalized spacial score (nSPS) is 26.0. The lowest BCUT2D eigenvalue weighted by Gasteiger charge is -2.42. The van der Waals surface area contributed by atoms with Gasteiger partial charge in [-0.2, -0.15) is 0 Å². The van der Waals surface area contributed by atoms with Gasteiger partial charge in [0.1, 0.15) is 22.1 Å². The summed E-state index contributed by atoms with van der Waals surface area (Å²) in [5, 5.41) is 11.4. The molecule has 2 unspecified atom stereocenters. The minimum atomic E-state index is -1.89. The summed E-state index contributed by atoms with van der Waals surface area (Å²) in [7, 11) is 2.80. The fourth-order valence-corrected chi connectivity index (χ4v) is 7.15. The zero-order valence-electron chi connectivity index (χ0n) is 24.1. The molecule has 2 aromatic rings. The quantitative estimate of drug-likeness (QED) is 0.492. The maximum absolute atomic E-state index is 13.8. The highest BCUT2D eigenvalue weighted by Gasteiger charge is 2.60. The van der Waals surface area contributed by atoms with Crippen molar-refractivity contribution < 1.29 is 33.7 Å². The van der Waals surface area contributed by atoms with Crippen molar-refractivity contribution >= 4 is 35.3 Å². The van der Waals surface area contributed by atoms with Crippen LogP contribution in [0.1, 0.15) is 48.2 Å². The average molecular weight is 610 g/mol. The molecule has 12 heteroatoms. The number of aromatic nitrogens is 1. The molecular formula is C31H32ClN3O8. The predicted octanol–water partition coefficient (Wildman–Crippen LogP) is 3.36. The number of benzene rings is 1. The molecule has 1 aliphatic carbocycles. The van der Waals surface area contributed by atoms with Gasteiger partial charge in [-0.15, -0.1) is 0 Å². The summed E-state index contributed by atoms with van der Waals surface area (Å²) < 4.78 is 18.6. The first kappa shape index (κ1) is 29.0. The largest absolute Gasteiger partial charge is 0.507 e. The number of carbonyl (C=O) groups is 3. The van der Waals surface area contributed by atoms with E-state index >= 15 is 0 Å². The van der Waals surface area contributed by atoms with Crippen molar-refractivity contribution in [1.82, 2.24) is 9.47 Å². The first-order valence-electron chi connectivity index (χ1n) is 14.2. The number of allylic oxidation sites excluding steroid dienone is 1. The van der Waals surface area contributed by atoms with Crippen LogP contribution in [0.2, 0.25) is 5.02 Å². The number of rotatable bonds is 6. The molecule has 226 valence electrons. The maximum atomic E-state index is 13.8. The molecule has 1 saturated heterocycles. The Hall–Kier alpha value is -4.12. The summed E-state index contributed by atoms with van der Waals surface area (Å²) in [6.45, 7) is 3.42. The summed E-state index contributed by atoms with van der Waals surface area (Å²) in [6, 6.07) is 6.74. The number of ether oxygens (including phenoxy) is 3. The second kappa shape index (κ2) is 10.9. The van der Waals surface area contributed by atoms with E-state index in [0.29, 0.717) is 19.6 Å². The minimum absolute atomic E-state index is 0.0105. The second-order valence-electron chi connectivity index (χ2n) is 11.5. The number of likely N-dealkylation sites (tertiary alicyclic amines) is 1. The smallest absolute Gasteiger partial charge is 0.250 e. The molecule has 1 aromatic heterocycles. The number of halogens is 1. The molecule has 4 atom stereocenters. The number of fused-ring (bicyclic) bond motifs is 5. The summed E-state index contributed by atoms with van der Waals surface area (Å²) in [5.41, 5.74) is -1.03. The van der Waals surface area contributed by atoms with Gasteiger partial charge in [0.2, 0.25) is 17.3 Å². The fourth-order valence-electron chi connectivity index (χ4n) is 6.89. The number of amides is 1. The molecule has 11 nitrogen and oxygen atoms in total. The lowest BCUT2D eigenvalue weighted by Crippen LogP contribution is -2.52. The number of nitrogens with zero attached hydrogens (tertiary/aromatic N) is 3. The fraction of sp³-hybridized carbons (Fsp3) is 0.452. The zero-order chi connectivity index (χ0) is 30.6. The molecule has 43 heavy (non-hydrogen) atoms. The van der Waals surface area contributed by atoms with Gasteiger partial charge in [0, 0.05) is 74.9 Å². The Labute approximate surface area is 252 Å². The summed E-state index contributed by atoms with van der Waals surface area (Å²) >= 11 is 6.47. The Morgan fingerprint density at radius 1 is 1.19 bits per heavy atom. The van der Waals surface area contributed by atoms with Gasteiger partial charge in [-0.1, -0.05) is 24.6 Å². The van der Waals surface area contributed by atoms with Crippen LogP contribution in [0.5, 0.6) is 17.2 Å². The number of methoxy groups -OCH3 is 2. The van der Waals surface area contributed by atoms with Crippen molar-refractivity contribution in [2.24, 2.45) is 16.8 Å².